The van der Waals surface area contributed by atoms with E-state index in [1.54, 1.807) is 11.0 Å². The lowest BCUT2D eigenvalue weighted by Gasteiger charge is -2.33. The highest BCUT2D eigenvalue weighted by Gasteiger charge is 2.27. The third-order valence-corrected chi connectivity index (χ3v) is 3.10. The summed E-state index contributed by atoms with van der Waals surface area (Å²) in [6.07, 6.45) is 0.885. The van der Waals surface area contributed by atoms with Crippen molar-refractivity contribution in [2.24, 2.45) is 5.73 Å². The van der Waals surface area contributed by atoms with Gasteiger partial charge in [-0.15, -0.1) is 0 Å². The van der Waals surface area contributed by atoms with E-state index in [0.29, 0.717) is 30.8 Å². The molecule has 2 N–H and O–H groups in total. The summed E-state index contributed by atoms with van der Waals surface area (Å²) in [5, 5.41) is 0. The van der Waals surface area contributed by atoms with Crippen LogP contribution in [0.5, 0.6) is 5.75 Å². The van der Waals surface area contributed by atoms with Crippen LogP contribution < -0.4 is 15.4 Å². The van der Waals surface area contributed by atoms with E-state index in [1.807, 2.05) is 13.8 Å². The fourth-order valence-electron chi connectivity index (χ4n) is 2.14. The monoisotopic (exact) mass is 266 g/mol. The van der Waals surface area contributed by atoms with Crippen molar-refractivity contribution < 1.29 is 13.9 Å². The summed E-state index contributed by atoms with van der Waals surface area (Å²) >= 11 is 0. The van der Waals surface area contributed by atoms with Crippen molar-refractivity contribution in [2.45, 2.75) is 38.8 Å². The van der Waals surface area contributed by atoms with Gasteiger partial charge in [0.05, 0.1) is 12.2 Å². The van der Waals surface area contributed by atoms with Crippen LogP contribution in [0.15, 0.2) is 18.2 Å². The minimum absolute atomic E-state index is 0.000285. The summed E-state index contributed by atoms with van der Waals surface area (Å²) in [5.41, 5.74) is 6.30. The lowest BCUT2D eigenvalue weighted by atomic mass is 10.1. The molecule has 19 heavy (non-hydrogen) atoms. The van der Waals surface area contributed by atoms with Gasteiger partial charge in [0.15, 0.2) is 0 Å². The zero-order valence-electron chi connectivity index (χ0n) is 11.2. The van der Waals surface area contributed by atoms with Gasteiger partial charge in [-0.05, 0) is 32.4 Å². The largest absolute Gasteiger partial charge is 0.487 e. The maximum absolute atomic E-state index is 13.2. The van der Waals surface area contributed by atoms with Crippen molar-refractivity contribution in [3.8, 4) is 5.75 Å². The molecule has 0 bridgehead atoms. The lowest BCUT2D eigenvalue weighted by Crippen LogP contribution is -2.42. The zero-order chi connectivity index (χ0) is 14.0. The summed E-state index contributed by atoms with van der Waals surface area (Å²) in [6, 6.07) is 4.23. The molecule has 0 fully saturated rings. The van der Waals surface area contributed by atoms with Crippen molar-refractivity contribution in [1.29, 1.82) is 0 Å². The highest BCUT2D eigenvalue weighted by atomic mass is 19.1. The number of carbonyl (C=O) groups excluding carboxylic acids is 1. The molecule has 0 spiro atoms. The smallest absolute Gasteiger partial charge is 0.227 e. The van der Waals surface area contributed by atoms with Gasteiger partial charge >= 0.3 is 0 Å². The summed E-state index contributed by atoms with van der Waals surface area (Å²) in [4.78, 5) is 13.9. The topological polar surface area (TPSA) is 55.6 Å². The van der Waals surface area contributed by atoms with Crippen molar-refractivity contribution in [3.05, 3.63) is 24.0 Å². The number of anilines is 1. The first-order chi connectivity index (χ1) is 8.97. The van der Waals surface area contributed by atoms with Gasteiger partial charge in [-0.25, -0.2) is 4.39 Å². The van der Waals surface area contributed by atoms with Gasteiger partial charge in [0.1, 0.15) is 17.7 Å². The first-order valence-corrected chi connectivity index (χ1v) is 6.49. The van der Waals surface area contributed by atoms with Gasteiger partial charge in [-0.2, -0.15) is 0 Å². The van der Waals surface area contributed by atoms with Gasteiger partial charge in [0.2, 0.25) is 5.91 Å². The van der Waals surface area contributed by atoms with Gasteiger partial charge in [0.25, 0.3) is 0 Å². The number of hydrogen-bond donors (Lipinski definition) is 1. The van der Waals surface area contributed by atoms with E-state index >= 15 is 0 Å². The normalized spacial score (nSPS) is 19.6. The molecule has 1 amide bonds. The average molecular weight is 266 g/mol. The summed E-state index contributed by atoms with van der Waals surface area (Å²) < 4.78 is 18.8. The third-order valence-electron chi connectivity index (χ3n) is 3.10. The number of carbonyl (C=O) groups is 1. The van der Waals surface area contributed by atoms with Crippen molar-refractivity contribution >= 4 is 11.6 Å². The highest BCUT2D eigenvalue weighted by molar-refractivity contribution is 5.95. The van der Waals surface area contributed by atoms with Gasteiger partial charge in [-0.1, -0.05) is 0 Å². The van der Waals surface area contributed by atoms with Crippen LogP contribution in [-0.4, -0.2) is 24.6 Å². The molecule has 4 nitrogen and oxygen atoms in total. The first kappa shape index (κ1) is 13.8. The summed E-state index contributed by atoms with van der Waals surface area (Å²) in [6.45, 7) is 4.22. The van der Waals surface area contributed by atoms with Gasteiger partial charge in [0, 0.05) is 18.5 Å². The summed E-state index contributed by atoms with van der Waals surface area (Å²) in [7, 11) is 0. The second kappa shape index (κ2) is 5.57. The Labute approximate surface area is 112 Å². The Morgan fingerprint density at radius 2 is 2.37 bits per heavy atom. The lowest BCUT2D eigenvalue weighted by molar-refractivity contribution is -0.119. The van der Waals surface area contributed by atoms with E-state index in [2.05, 4.69) is 0 Å². The maximum Gasteiger partial charge on any atom is 0.227 e. The van der Waals surface area contributed by atoms with Crippen LogP contribution >= 0.6 is 0 Å². The van der Waals surface area contributed by atoms with Crippen molar-refractivity contribution in [3.63, 3.8) is 0 Å². The molecule has 104 valence electrons. The van der Waals surface area contributed by atoms with E-state index in [1.165, 1.54) is 12.1 Å². The number of rotatable bonds is 3. The maximum atomic E-state index is 13.2. The van der Waals surface area contributed by atoms with Crippen LogP contribution in [0.2, 0.25) is 0 Å². The molecule has 0 aromatic heterocycles. The van der Waals surface area contributed by atoms with Crippen molar-refractivity contribution in [1.82, 2.24) is 0 Å². The number of amides is 1. The van der Waals surface area contributed by atoms with Crippen molar-refractivity contribution in [2.75, 3.05) is 11.4 Å². The molecular weight excluding hydrogens is 247 g/mol. The Bertz CT molecular complexity index is 477. The zero-order valence-corrected chi connectivity index (χ0v) is 11.2. The Hall–Kier alpha value is -1.62. The Morgan fingerprint density at radius 1 is 1.63 bits per heavy atom. The number of halogens is 1. The average Bonchev–Trinajstić information content (AvgIpc) is 2.34. The number of benzene rings is 1. The van der Waals surface area contributed by atoms with Gasteiger partial charge in [-0.3, -0.25) is 4.79 Å². The molecular formula is C14H19FN2O2. The van der Waals surface area contributed by atoms with Crippen LogP contribution in [0.4, 0.5) is 10.1 Å². The van der Waals surface area contributed by atoms with Crippen LogP contribution in [0.1, 0.15) is 26.7 Å². The standard InChI is InChI=1S/C14H19FN2O2/c1-9(16)3-6-14(18)17-8-10(2)19-13-7-11(15)4-5-12(13)17/h4-5,7,9-10H,3,6,8,16H2,1-2H3. The fraction of sp³-hybridized carbons (Fsp3) is 0.500. The Kier molecular flexibility index (Phi) is 4.04. The fourth-order valence-corrected chi connectivity index (χ4v) is 2.14. The number of nitrogens with zero attached hydrogens (tertiary/aromatic N) is 1. The van der Waals surface area contributed by atoms with E-state index in [0.717, 1.165) is 0 Å². The molecule has 0 saturated heterocycles. The third kappa shape index (κ3) is 3.23. The molecule has 1 aliphatic rings. The van der Waals surface area contributed by atoms with E-state index in [-0.39, 0.29) is 23.9 Å². The SMILES string of the molecule is CC(N)CCC(=O)N1CC(C)Oc2cc(F)ccc21. The quantitative estimate of drug-likeness (QED) is 0.911. The number of ether oxygens (including phenoxy) is 1. The molecule has 0 saturated carbocycles. The minimum atomic E-state index is -0.365. The molecule has 2 unspecified atom stereocenters. The van der Waals surface area contributed by atoms with E-state index in [9.17, 15) is 9.18 Å². The second-order valence-corrected chi connectivity index (χ2v) is 5.06. The van der Waals surface area contributed by atoms with Crippen LogP contribution in [0.25, 0.3) is 0 Å². The predicted octanol–water partition coefficient (Wildman–Crippen LogP) is 2.07. The molecule has 2 atom stereocenters. The van der Waals surface area contributed by atoms with Crippen LogP contribution in [-0.2, 0) is 4.79 Å². The second-order valence-electron chi connectivity index (χ2n) is 5.06. The predicted molar refractivity (Wildman–Crippen MR) is 71.7 cm³/mol. The molecule has 1 aromatic rings. The van der Waals surface area contributed by atoms with Gasteiger partial charge < -0.3 is 15.4 Å². The van der Waals surface area contributed by atoms with E-state index < -0.39 is 0 Å². The minimum Gasteiger partial charge on any atom is -0.487 e. The number of nitrogens with two attached hydrogens (primary N) is 1. The molecule has 5 heteroatoms. The number of hydrogen-bond acceptors (Lipinski definition) is 3. The first-order valence-electron chi connectivity index (χ1n) is 6.49. The molecule has 0 radical (unpaired) electrons. The molecule has 1 heterocycles. The number of fused-ring (bicyclic) bond motifs is 1. The van der Waals surface area contributed by atoms with E-state index in [4.69, 9.17) is 10.5 Å². The van der Waals surface area contributed by atoms with Crippen LogP contribution in [0.3, 0.4) is 0 Å². The molecule has 0 aliphatic carbocycles. The molecule has 1 aliphatic heterocycles. The molecule has 1 aromatic carbocycles. The Morgan fingerprint density at radius 3 is 3.05 bits per heavy atom. The highest BCUT2D eigenvalue weighted by Crippen LogP contribution is 2.34. The van der Waals surface area contributed by atoms with Crippen LogP contribution in [0, 0.1) is 5.82 Å². The molecule has 2 rings (SSSR count). The summed E-state index contributed by atoms with van der Waals surface area (Å²) in [5.74, 6) is 0.0593. The Balaban J connectivity index is 2.20.